The van der Waals surface area contributed by atoms with Gasteiger partial charge in [-0.15, -0.1) is 0 Å². The third-order valence-corrected chi connectivity index (χ3v) is 4.92. The van der Waals surface area contributed by atoms with E-state index in [0.717, 1.165) is 6.42 Å². The molecular formula is C15H28N2S. The molecule has 1 rings (SSSR count). The van der Waals surface area contributed by atoms with Gasteiger partial charge in [0.25, 0.3) is 0 Å². The fraction of sp³-hybridized carbons (Fsp3) is 0.933. The van der Waals surface area contributed by atoms with Crippen molar-refractivity contribution in [3.63, 3.8) is 0 Å². The van der Waals surface area contributed by atoms with Crippen molar-refractivity contribution in [1.82, 2.24) is 5.32 Å². The second kappa shape index (κ2) is 8.07. The predicted octanol–water partition coefficient (Wildman–Crippen LogP) is 3.97. The third-order valence-electron chi connectivity index (χ3n) is 3.82. The highest BCUT2D eigenvalue weighted by Crippen LogP contribution is 2.38. The molecule has 0 aromatic heterocycles. The van der Waals surface area contributed by atoms with E-state index in [9.17, 15) is 5.26 Å². The molecule has 0 spiro atoms. The first-order valence-corrected chi connectivity index (χ1v) is 8.56. The fourth-order valence-corrected chi connectivity index (χ4v) is 4.08. The lowest BCUT2D eigenvalue weighted by atomic mass is 9.86. The smallest absolute Gasteiger partial charge is 0.109 e. The van der Waals surface area contributed by atoms with E-state index in [-0.39, 0.29) is 5.54 Å². The molecule has 0 saturated heterocycles. The molecule has 0 aliphatic heterocycles. The van der Waals surface area contributed by atoms with E-state index in [1.807, 2.05) is 0 Å². The molecule has 1 saturated carbocycles. The van der Waals surface area contributed by atoms with E-state index in [0.29, 0.717) is 12.0 Å². The molecule has 1 aliphatic carbocycles. The van der Waals surface area contributed by atoms with E-state index in [1.165, 1.54) is 43.6 Å². The zero-order valence-electron chi connectivity index (χ0n) is 12.2. The molecule has 0 bridgehead atoms. The molecule has 0 heterocycles. The van der Waals surface area contributed by atoms with Crippen molar-refractivity contribution < 1.29 is 0 Å². The second-order valence-electron chi connectivity index (χ2n) is 5.73. The Balaban J connectivity index is 2.40. The van der Waals surface area contributed by atoms with Crippen molar-refractivity contribution in [2.24, 2.45) is 5.92 Å². The number of unbranched alkanes of at least 4 members (excludes halogenated alkanes) is 1. The number of hydrogen-bond donors (Lipinski definition) is 1. The van der Waals surface area contributed by atoms with Crippen LogP contribution in [-0.2, 0) is 0 Å². The van der Waals surface area contributed by atoms with Gasteiger partial charge in [0.05, 0.1) is 6.07 Å². The van der Waals surface area contributed by atoms with Gasteiger partial charge in [-0.25, -0.2) is 0 Å². The van der Waals surface area contributed by atoms with Gasteiger partial charge in [-0.05, 0) is 57.0 Å². The molecule has 2 atom stereocenters. The van der Waals surface area contributed by atoms with Crippen LogP contribution >= 0.6 is 11.8 Å². The molecule has 0 radical (unpaired) electrons. The van der Waals surface area contributed by atoms with E-state index in [4.69, 9.17) is 0 Å². The molecule has 0 aromatic carbocycles. The van der Waals surface area contributed by atoms with Crippen molar-refractivity contribution in [2.45, 2.75) is 70.9 Å². The van der Waals surface area contributed by atoms with Crippen molar-refractivity contribution in [2.75, 3.05) is 11.5 Å². The lowest BCUT2D eigenvalue weighted by molar-refractivity contribution is 0.289. The molecule has 1 fully saturated rings. The summed E-state index contributed by atoms with van der Waals surface area (Å²) in [6.45, 7) is 6.53. The average molecular weight is 268 g/mol. The van der Waals surface area contributed by atoms with Crippen LogP contribution in [0.1, 0.15) is 59.3 Å². The van der Waals surface area contributed by atoms with Gasteiger partial charge in [-0.2, -0.15) is 17.0 Å². The highest BCUT2D eigenvalue weighted by atomic mass is 32.2. The molecular weight excluding hydrogens is 240 g/mol. The van der Waals surface area contributed by atoms with Gasteiger partial charge in [0.15, 0.2) is 0 Å². The lowest BCUT2D eigenvalue weighted by Crippen LogP contribution is -2.50. The molecule has 1 aliphatic rings. The average Bonchev–Trinajstić information content (AvgIpc) is 2.72. The number of nitriles is 1. The van der Waals surface area contributed by atoms with Crippen LogP contribution < -0.4 is 5.32 Å². The Bertz CT molecular complexity index is 272. The zero-order valence-corrected chi connectivity index (χ0v) is 13.0. The molecule has 0 aromatic rings. The van der Waals surface area contributed by atoms with Gasteiger partial charge >= 0.3 is 0 Å². The van der Waals surface area contributed by atoms with Gasteiger partial charge in [0, 0.05) is 6.04 Å². The van der Waals surface area contributed by atoms with Gasteiger partial charge < -0.3 is 0 Å². The molecule has 3 heteroatoms. The summed E-state index contributed by atoms with van der Waals surface area (Å²) in [5.41, 5.74) is -0.237. The molecule has 104 valence electrons. The molecule has 18 heavy (non-hydrogen) atoms. The Morgan fingerprint density at radius 3 is 2.83 bits per heavy atom. The minimum absolute atomic E-state index is 0.237. The lowest BCUT2D eigenvalue weighted by Gasteiger charge is -2.32. The van der Waals surface area contributed by atoms with E-state index < -0.39 is 0 Å². The monoisotopic (exact) mass is 268 g/mol. The summed E-state index contributed by atoms with van der Waals surface area (Å²) in [6, 6.07) is 2.99. The van der Waals surface area contributed by atoms with Crippen LogP contribution in [0.2, 0.25) is 0 Å². The largest absolute Gasteiger partial charge is 0.297 e. The maximum atomic E-state index is 9.56. The Kier molecular flexibility index (Phi) is 7.11. The first kappa shape index (κ1) is 15.9. The molecule has 2 unspecified atom stereocenters. The normalized spacial score (nSPS) is 27.6. The fourth-order valence-electron chi connectivity index (χ4n) is 2.93. The first-order valence-electron chi connectivity index (χ1n) is 7.41. The Hall–Kier alpha value is -0.200. The summed E-state index contributed by atoms with van der Waals surface area (Å²) < 4.78 is 0. The SMILES string of the molecule is CCCCSCCC1CCCC1(C#N)NC(C)C. The zero-order chi connectivity index (χ0) is 13.4. The van der Waals surface area contributed by atoms with E-state index in [1.54, 1.807) is 0 Å². The Labute approximate surface area is 117 Å². The van der Waals surface area contributed by atoms with Gasteiger partial charge in [0.2, 0.25) is 0 Å². The van der Waals surface area contributed by atoms with Crippen LogP contribution in [0.3, 0.4) is 0 Å². The van der Waals surface area contributed by atoms with Gasteiger partial charge in [0.1, 0.15) is 5.54 Å². The minimum atomic E-state index is -0.237. The second-order valence-corrected chi connectivity index (χ2v) is 6.95. The maximum Gasteiger partial charge on any atom is 0.109 e. The van der Waals surface area contributed by atoms with Crippen LogP contribution in [0, 0.1) is 17.2 Å². The van der Waals surface area contributed by atoms with E-state index >= 15 is 0 Å². The topological polar surface area (TPSA) is 35.8 Å². The van der Waals surface area contributed by atoms with Crippen molar-refractivity contribution >= 4 is 11.8 Å². The van der Waals surface area contributed by atoms with Crippen molar-refractivity contribution in [3.8, 4) is 6.07 Å². The van der Waals surface area contributed by atoms with Crippen molar-refractivity contribution in [3.05, 3.63) is 0 Å². The quantitative estimate of drug-likeness (QED) is 0.677. The number of hydrogen-bond acceptors (Lipinski definition) is 3. The summed E-state index contributed by atoms with van der Waals surface area (Å²) in [5.74, 6) is 3.05. The first-order chi connectivity index (χ1) is 8.64. The van der Waals surface area contributed by atoms with Gasteiger partial charge in [-0.3, -0.25) is 5.32 Å². The van der Waals surface area contributed by atoms with E-state index in [2.05, 4.69) is 43.9 Å². The standard InChI is InChI=1S/C15H28N2S/c1-4-5-10-18-11-8-14-7-6-9-15(14,12-16)17-13(2)3/h13-14,17H,4-11H2,1-3H3. The summed E-state index contributed by atoms with van der Waals surface area (Å²) in [5, 5.41) is 13.1. The highest BCUT2D eigenvalue weighted by molar-refractivity contribution is 7.99. The summed E-state index contributed by atoms with van der Waals surface area (Å²) in [7, 11) is 0. The highest BCUT2D eigenvalue weighted by Gasteiger charge is 2.42. The summed E-state index contributed by atoms with van der Waals surface area (Å²) in [6.07, 6.45) is 7.27. The third kappa shape index (κ3) is 4.48. The van der Waals surface area contributed by atoms with Crippen LogP contribution in [0.4, 0.5) is 0 Å². The van der Waals surface area contributed by atoms with Gasteiger partial charge in [-0.1, -0.05) is 19.8 Å². The summed E-state index contributed by atoms with van der Waals surface area (Å²) in [4.78, 5) is 0. The molecule has 0 amide bonds. The van der Waals surface area contributed by atoms with Crippen LogP contribution in [0.5, 0.6) is 0 Å². The number of nitrogens with one attached hydrogen (secondary N) is 1. The molecule has 1 N–H and O–H groups in total. The Morgan fingerprint density at radius 2 is 2.22 bits per heavy atom. The minimum Gasteiger partial charge on any atom is -0.297 e. The maximum absolute atomic E-state index is 9.56. The number of thioether (sulfide) groups is 1. The van der Waals surface area contributed by atoms with Crippen LogP contribution in [-0.4, -0.2) is 23.1 Å². The number of rotatable bonds is 8. The Morgan fingerprint density at radius 1 is 1.44 bits per heavy atom. The molecule has 2 nitrogen and oxygen atoms in total. The van der Waals surface area contributed by atoms with Crippen LogP contribution in [0.25, 0.3) is 0 Å². The summed E-state index contributed by atoms with van der Waals surface area (Å²) >= 11 is 2.06. The predicted molar refractivity (Wildman–Crippen MR) is 80.8 cm³/mol. The van der Waals surface area contributed by atoms with Crippen molar-refractivity contribution in [1.29, 1.82) is 5.26 Å². The number of nitrogens with zero attached hydrogens (tertiary/aromatic N) is 1. The van der Waals surface area contributed by atoms with Crippen LogP contribution in [0.15, 0.2) is 0 Å².